The first kappa shape index (κ1) is 21.4. The van der Waals surface area contributed by atoms with Gasteiger partial charge in [-0.2, -0.15) is 0 Å². The van der Waals surface area contributed by atoms with Gasteiger partial charge >= 0.3 is 0 Å². The average molecular weight is 432 g/mol. The second kappa shape index (κ2) is 9.51. The number of methoxy groups -OCH3 is 1. The maximum Gasteiger partial charge on any atom is 0.274 e. The number of anilines is 1. The van der Waals surface area contributed by atoms with Gasteiger partial charge in [-0.05, 0) is 44.0 Å². The number of ether oxygens (including phenoxy) is 1. The Balaban J connectivity index is 1.45. The number of hydrogen-bond acceptors (Lipinski definition) is 7. The summed E-state index contributed by atoms with van der Waals surface area (Å²) in [6.45, 7) is 2.96. The Hall–Kier alpha value is -3.88. The Kier molecular flexibility index (Phi) is 6.34. The molecule has 4 rings (SSSR count). The minimum absolute atomic E-state index is 0.00164. The molecule has 1 aromatic carbocycles. The van der Waals surface area contributed by atoms with Crippen molar-refractivity contribution in [1.82, 2.24) is 24.8 Å². The summed E-state index contributed by atoms with van der Waals surface area (Å²) >= 11 is 0. The largest absolute Gasteiger partial charge is 0.497 e. The lowest BCUT2D eigenvalue weighted by atomic mass is 9.96. The number of nitrogens with zero attached hydrogens (tertiary/aromatic N) is 5. The first-order valence-electron chi connectivity index (χ1n) is 10.4. The van der Waals surface area contributed by atoms with Gasteiger partial charge in [-0.1, -0.05) is 0 Å². The van der Waals surface area contributed by atoms with Crippen molar-refractivity contribution < 1.29 is 14.3 Å². The van der Waals surface area contributed by atoms with Crippen LogP contribution in [0, 0.1) is 6.92 Å². The lowest BCUT2D eigenvalue weighted by Crippen LogP contribution is -2.40. The number of piperidine rings is 1. The number of rotatable bonds is 5. The van der Waals surface area contributed by atoms with Crippen LogP contribution in [-0.2, 0) is 0 Å². The van der Waals surface area contributed by atoms with Crippen LogP contribution in [0.3, 0.4) is 0 Å². The van der Waals surface area contributed by atoms with E-state index in [0.29, 0.717) is 47.3 Å². The molecule has 2 aromatic heterocycles. The van der Waals surface area contributed by atoms with Crippen LogP contribution in [0.2, 0.25) is 0 Å². The highest BCUT2D eigenvalue weighted by atomic mass is 16.5. The second-order valence-electron chi connectivity index (χ2n) is 7.59. The molecule has 3 heterocycles. The highest BCUT2D eigenvalue weighted by Gasteiger charge is 2.28. The van der Waals surface area contributed by atoms with Gasteiger partial charge in [0.25, 0.3) is 11.8 Å². The van der Waals surface area contributed by atoms with Gasteiger partial charge in [-0.3, -0.25) is 14.6 Å². The fourth-order valence-corrected chi connectivity index (χ4v) is 3.72. The van der Waals surface area contributed by atoms with Gasteiger partial charge in [0, 0.05) is 43.3 Å². The molecule has 1 saturated heterocycles. The van der Waals surface area contributed by atoms with Crippen LogP contribution in [0.5, 0.6) is 5.75 Å². The second-order valence-corrected chi connectivity index (χ2v) is 7.59. The van der Waals surface area contributed by atoms with Crippen LogP contribution < -0.4 is 10.1 Å². The lowest BCUT2D eigenvalue weighted by molar-refractivity contribution is 0.0698. The van der Waals surface area contributed by atoms with Gasteiger partial charge in [0.2, 0.25) is 0 Å². The average Bonchev–Trinajstić information content (AvgIpc) is 2.84. The zero-order valence-electron chi connectivity index (χ0n) is 18.0. The van der Waals surface area contributed by atoms with E-state index in [1.807, 2.05) is 0 Å². The fourth-order valence-electron chi connectivity index (χ4n) is 3.72. The predicted molar refractivity (Wildman–Crippen MR) is 118 cm³/mol. The van der Waals surface area contributed by atoms with Gasteiger partial charge in [0.05, 0.1) is 24.6 Å². The minimum Gasteiger partial charge on any atom is -0.497 e. The standard InChI is InChI=1S/C23H24N6O3/c1-15-19(22(30)28-17-5-7-18(32-2)8-6-17)12-26-21(27-15)16-4-3-11-29(14-16)23(31)20-13-24-9-10-25-20/h5-10,12-13,16H,3-4,11,14H2,1-2H3,(H,28,30)/t16-/m1/s1. The van der Waals surface area contributed by atoms with Crippen molar-refractivity contribution in [2.45, 2.75) is 25.7 Å². The maximum atomic E-state index is 12.7. The van der Waals surface area contributed by atoms with Crippen LogP contribution in [0.25, 0.3) is 0 Å². The van der Waals surface area contributed by atoms with E-state index in [4.69, 9.17) is 4.74 Å². The van der Waals surface area contributed by atoms with E-state index in [9.17, 15) is 9.59 Å². The van der Waals surface area contributed by atoms with E-state index in [0.717, 1.165) is 12.8 Å². The van der Waals surface area contributed by atoms with Gasteiger partial charge in [0.1, 0.15) is 17.3 Å². The van der Waals surface area contributed by atoms with Gasteiger partial charge in [-0.15, -0.1) is 0 Å². The number of aryl methyl sites for hydroxylation is 1. The van der Waals surface area contributed by atoms with Crippen LogP contribution in [0.4, 0.5) is 5.69 Å². The van der Waals surface area contributed by atoms with E-state index in [1.54, 1.807) is 55.6 Å². The Morgan fingerprint density at radius 3 is 2.62 bits per heavy atom. The van der Waals surface area contributed by atoms with Crippen molar-refractivity contribution >= 4 is 17.5 Å². The fraction of sp³-hybridized carbons (Fsp3) is 0.304. The molecule has 164 valence electrons. The number of likely N-dealkylation sites (tertiary alicyclic amines) is 1. The van der Waals surface area contributed by atoms with Gasteiger partial charge in [-0.25, -0.2) is 15.0 Å². The van der Waals surface area contributed by atoms with Crippen molar-refractivity contribution in [2.24, 2.45) is 0 Å². The van der Waals surface area contributed by atoms with E-state index in [-0.39, 0.29) is 17.7 Å². The number of nitrogens with one attached hydrogen (secondary N) is 1. The third-order valence-electron chi connectivity index (χ3n) is 5.45. The number of carbonyl (C=O) groups excluding carboxylic acids is 2. The van der Waals surface area contributed by atoms with Crippen molar-refractivity contribution in [2.75, 3.05) is 25.5 Å². The van der Waals surface area contributed by atoms with Gasteiger partial charge < -0.3 is 15.0 Å². The summed E-state index contributed by atoms with van der Waals surface area (Å²) in [5, 5.41) is 2.85. The molecule has 3 aromatic rings. The molecule has 9 nitrogen and oxygen atoms in total. The number of amides is 2. The van der Waals surface area contributed by atoms with Crippen LogP contribution >= 0.6 is 0 Å². The van der Waals surface area contributed by atoms with Crippen molar-refractivity contribution in [3.05, 3.63) is 71.8 Å². The predicted octanol–water partition coefficient (Wildman–Crippen LogP) is 2.86. The summed E-state index contributed by atoms with van der Waals surface area (Å²) in [6.07, 6.45) is 7.80. The Labute approximate surface area is 185 Å². The lowest BCUT2D eigenvalue weighted by Gasteiger charge is -2.31. The molecular weight excluding hydrogens is 408 g/mol. The molecule has 2 amide bonds. The Morgan fingerprint density at radius 1 is 1.12 bits per heavy atom. The molecule has 0 aliphatic carbocycles. The van der Waals surface area contributed by atoms with Crippen molar-refractivity contribution in [1.29, 1.82) is 0 Å². The number of carbonyl (C=O) groups is 2. The quantitative estimate of drug-likeness (QED) is 0.660. The molecule has 0 saturated carbocycles. The summed E-state index contributed by atoms with van der Waals surface area (Å²) < 4.78 is 5.13. The van der Waals surface area contributed by atoms with Crippen molar-refractivity contribution in [3.63, 3.8) is 0 Å². The highest BCUT2D eigenvalue weighted by Crippen LogP contribution is 2.26. The van der Waals surface area contributed by atoms with Gasteiger partial charge in [0.15, 0.2) is 0 Å². The smallest absolute Gasteiger partial charge is 0.274 e. The monoisotopic (exact) mass is 432 g/mol. The Morgan fingerprint density at radius 2 is 1.94 bits per heavy atom. The maximum absolute atomic E-state index is 12.7. The molecule has 1 aliphatic heterocycles. The molecule has 1 atom stereocenters. The summed E-state index contributed by atoms with van der Waals surface area (Å²) in [6, 6.07) is 7.09. The highest BCUT2D eigenvalue weighted by molar-refractivity contribution is 6.04. The molecule has 32 heavy (non-hydrogen) atoms. The molecule has 9 heteroatoms. The zero-order valence-corrected chi connectivity index (χ0v) is 18.0. The molecule has 0 spiro atoms. The molecule has 0 bridgehead atoms. The van der Waals surface area contributed by atoms with Crippen LogP contribution in [-0.4, -0.2) is 56.8 Å². The summed E-state index contributed by atoms with van der Waals surface area (Å²) in [5.74, 6) is 0.936. The topological polar surface area (TPSA) is 110 Å². The summed E-state index contributed by atoms with van der Waals surface area (Å²) in [7, 11) is 1.59. The number of benzene rings is 1. The molecule has 1 N–H and O–H groups in total. The number of aromatic nitrogens is 4. The van der Waals surface area contributed by atoms with E-state index >= 15 is 0 Å². The molecule has 1 fully saturated rings. The summed E-state index contributed by atoms with van der Waals surface area (Å²) in [5.41, 5.74) is 1.99. The third kappa shape index (κ3) is 4.72. The molecular formula is C23H24N6O3. The third-order valence-corrected chi connectivity index (χ3v) is 5.45. The van der Waals surface area contributed by atoms with Crippen LogP contribution in [0.15, 0.2) is 49.1 Å². The van der Waals surface area contributed by atoms with E-state index in [1.165, 1.54) is 12.4 Å². The van der Waals surface area contributed by atoms with Crippen LogP contribution in [0.1, 0.15) is 51.1 Å². The molecule has 0 unspecified atom stereocenters. The molecule has 1 aliphatic rings. The zero-order chi connectivity index (χ0) is 22.5. The van der Waals surface area contributed by atoms with Crippen molar-refractivity contribution in [3.8, 4) is 5.75 Å². The first-order chi connectivity index (χ1) is 15.5. The normalized spacial score (nSPS) is 15.8. The Bertz CT molecular complexity index is 1100. The number of hydrogen-bond donors (Lipinski definition) is 1. The SMILES string of the molecule is COc1ccc(NC(=O)c2cnc([C@@H]3CCCN(C(=O)c4cnccn4)C3)nc2C)cc1. The van der Waals surface area contributed by atoms with E-state index in [2.05, 4.69) is 25.3 Å². The first-order valence-corrected chi connectivity index (χ1v) is 10.4. The summed E-state index contributed by atoms with van der Waals surface area (Å²) in [4.78, 5) is 44.3. The minimum atomic E-state index is -0.276. The molecule has 0 radical (unpaired) electrons. The van der Waals surface area contributed by atoms with E-state index < -0.39 is 0 Å².